The van der Waals surface area contributed by atoms with E-state index in [1.165, 1.54) is 0 Å². The summed E-state index contributed by atoms with van der Waals surface area (Å²) in [6.45, 7) is 6.03. The minimum atomic E-state index is -3.45. The van der Waals surface area contributed by atoms with Gasteiger partial charge in [-0.2, -0.15) is 0 Å². The molecule has 6 heteroatoms. The third-order valence-corrected chi connectivity index (χ3v) is 4.53. The monoisotopic (exact) mass is 300 g/mol. The van der Waals surface area contributed by atoms with Crippen molar-refractivity contribution < 1.29 is 13.2 Å². The van der Waals surface area contributed by atoms with E-state index in [-0.39, 0.29) is 6.04 Å². The number of benzene rings is 1. The molecule has 1 unspecified atom stereocenters. The maximum atomic E-state index is 12.2. The van der Waals surface area contributed by atoms with Crippen molar-refractivity contribution in [2.24, 2.45) is 0 Å². The van der Waals surface area contributed by atoms with E-state index in [0.29, 0.717) is 17.9 Å². The van der Waals surface area contributed by atoms with Gasteiger partial charge in [-0.25, -0.2) is 13.1 Å². The molecule has 0 aliphatic rings. The lowest BCUT2D eigenvalue weighted by molar-refractivity contribution is 0.188. The summed E-state index contributed by atoms with van der Waals surface area (Å²) < 4.78 is 31.9. The van der Waals surface area contributed by atoms with Crippen LogP contribution in [0.2, 0.25) is 0 Å². The fourth-order valence-electron chi connectivity index (χ4n) is 1.74. The molecule has 2 N–H and O–H groups in total. The van der Waals surface area contributed by atoms with Gasteiger partial charge in [-0.15, -0.1) is 0 Å². The highest BCUT2D eigenvalue weighted by Crippen LogP contribution is 2.11. The van der Waals surface area contributed by atoms with Crippen LogP contribution in [0.25, 0.3) is 0 Å². The zero-order valence-corrected chi connectivity index (χ0v) is 13.2. The van der Waals surface area contributed by atoms with Gasteiger partial charge in [0.15, 0.2) is 0 Å². The first kappa shape index (κ1) is 17.1. The van der Waals surface area contributed by atoms with Crippen LogP contribution in [0.3, 0.4) is 0 Å². The van der Waals surface area contributed by atoms with Gasteiger partial charge in [0, 0.05) is 26.3 Å². The number of nitrogens with one attached hydrogen (secondary N) is 2. The van der Waals surface area contributed by atoms with E-state index in [1.54, 1.807) is 19.2 Å². The topological polar surface area (TPSA) is 67.4 Å². The Morgan fingerprint density at radius 2 is 1.90 bits per heavy atom. The van der Waals surface area contributed by atoms with Gasteiger partial charge >= 0.3 is 0 Å². The van der Waals surface area contributed by atoms with E-state index in [2.05, 4.69) is 10.0 Å². The lowest BCUT2D eigenvalue weighted by Gasteiger charge is -2.14. The summed E-state index contributed by atoms with van der Waals surface area (Å²) in [5.41, 5.74) is 1.07. The van der Waals surface area contributed by atoms with Crippen LogP contribution in [0.15, 0.2) is 29.2 Å². The van der Waals surface area contributed by atoms with E-state index < -0.39 is 10.0 Å². The second kappa shape index (κ2) is 8.36. The Morgan fingerprint density at radius 1 is 1.25 bits per heavy atom. The molecule has 20 heavy (non-hydrogen) atoms. The van der Waals surface area contributed by atoms with E-state index in [0.717, 1.165) is 18.7 Å². The minimum Gasteiger partial charge on any atom is -0.385 e. The molecular weight excluding hydrogens is 276 g/mol. The summed E-state index contributed by atoms with van der Waals surface area (Å²) in [7, 11) is -1.85. The second-order valence-corrected chi connectivity index (χ2v) is 6.44. The molecule has 0 saturated heterocycles. The van der Waals surface area contributed by atoms with Crippen LogP contribution in [0.4, 0.5) is 0 Å². The van der Waals surface area contributed by atoms with Gasteiger partial charge < -0.3 is 10.1 Å². The summed E-state index contributed by atoms with van der Waals surface area (Å²) in [4.78, 5) is 0.294. The number of hydrogen-bond acceptors (Lipinski definition) is 4. The van der Waals surface area contributed by atoms with Crippen LogP contribution in [-0.2, 0) is 21.3 Å². The maximum absolute atomic E-state index is 12.2. The number of sulfonamides is 1. The summed E-state index contributed by atoms with van der Waals surface area (Å²) in [5.74, 6) is 0. The molecule has 0 radical (unpaired) electrons. The standard InChI is InChI=1S/C14H24N2O3S/c1-4-15-11-13-5-7-14(8-6-13)20(17,18)16-12(2)9-10-19-3/h5-8,12,15-16H,4,9-11H2,1-3H3. The van der Waals surface area contributed by atoms with Crippen LogP contribution < -0.4 is 10.0 Å². The van der Waals surface area contributed by atoms with Crippen molar-refractivity contribution >= 4 is 10.0 Å². The Labute approximate surface area is 121 Å². The SMILES string of the molecule is CCNCc1ccc(S(=O)(=O)NC(C)CCOC)cc1. The fraction of sp³-hybridized carbons (Fsp3) is 0.571. The van der Waals surface area contributed by atoms with Crippen molar-refractivity contribution in [2.45, 2.75) is 37.8 Å². The molecule has 0 bridgehead atoms. The molecule has 1 aromatic carbocycles. The molecule has 0 heterocycles. The van der Waals surface area contributed by atoms with E-state index in [1.807, 2.05) is 26.0 Å². The predicted molar refractivity (Wildman–Crippen MR) is 80.1 cm³/mol. The molecule has 0 aliphatic heterocycles. The molecule has 0 spiro atoms. The van der Waals surface area contributed by atoms with Crippen LogP contribution in [0.1, 0.15) is 25.8 Å². The lowest BCUT2D eigenvalue weighted by Crippen LogP contribution is -2.33. The van der Waals surface area contributed by atoms with Crippen molar-refractivity contribution in [3.05, 3.63) is 29.8 Å². The normalized spacial score (nSPS) is 13.3. The lowest BCUT2D eigenvalue weighted by atomic mass is 10.2. The van der Waals surface area contributed by atoms with Gasteiger partial charge in [-0.3, -0.25) is 0 Å². The third-order valence-electron chi connectivity index (χ3n) is 2.92. The summed E-state index contributed by atoms with van der Waals surface area (Å²) in [6, 6.07) is 6.78. The average molecular weight is 300 g/mol. The molecule has 1 rings (SSSR count). The Balaban J connectivity index is 2.67. The van der Waals surface area contributed by atoms with Crippen molar-refractivity contribution in [1.82, 2.24) is 10.0 Å². The van der Waals surface area contributed by atoms with Crippen molar-refractivity contribution in [3.8, 4) is 0 Å². The highest BCUT2D eigenvalue weighted by molar-refractivity contribution is 7.89. The van der Waals surface area contributed by atoms with Gasteiger partial charge in [-0.1, -0.05) is 19.1 Å². The smallest absolute Gasteiger partial charge is 0.240 e. The predicted octanol–water partition coefficient (Wildman–Crippen LogP) is 1.50. The number of hydrogen-bond donors (Lipinski definition) is 2. The third kappa shape index (κ3) is 5.58. The van der Waals surface area contributed by atoms with Crippen LogP contribution in [0.5, 0.6) is 0 Å². The molecule has 0 saturated carbocycles. The molecule has 5 nitrogen and oxygen atoms in total. The van der Waals surface area contributed by atoms with Gasteiger partial charge in [-0.05, 0) is 37.6 Å². The molecule has 1 aromatic rings. The van der Waals surface area contributed by atoms with Crippen molar-refractivity contribution in [2.75, 3.05) is 20.3 Å². The van der Waals surface area contributed by atoms with E-state index in [9.17, 15) is 8.42 Å². The number of rotatable bonds is 9. The zero-order valence-electron chi connectivity index (χ0n) is 12.3. The summed E-state index contributed by atoms with van der Waals surface area (Å²) in [6.07, 6.45) is 0.647. The largest absolute Gasteiger partial charge is 0.385 e. The van der Waals surface area contributed by atoms with Gasteiger partial charge in [0.1, 0.15) is 0 Å². The van der Waals surface area contributed by atoms with E-state index in [4.69, 9.17) is 4.74 Å². The van der Waals surface area contributed by atoms with Crippen LogP contribution >= 0.6 is 0 Å². The van der Waals surface area contributed by atoms with E-state index >= 15 is 0 Å². The molecule has 114 valence electrons. The minimum absolute atomic E-state index is 0.151. The Kier molecular flexibility index (Phi) is 7.15. The molecule has 0 fully saturated rings. The van der Waals surface area contributed by atoms with Crippen molar-refractivity contribution in [1.29, 1.82) is 0 Å². The zero-order chi connectivity index (χ0) is 15.0. The quantitative estimate of drug-likeness (QED) is 0.725. The molecule has 0 aromatic heterocycles. The maximum Gasteiger partial charge on any atom is 0.240 e. The highest BCUT2D eigenvalue weighted by atomic mass is 32.2. The van der Waals surface area contributed by atoms with Gasteiger partial charge in [0.05, 0.1) is 4.90 Å². The first-order chi connectivity index (χ1) is 9.49. The summed E-state index contributed by atoms with van der Waals surface area (Å²) >= 11 is 0. The Bertz CT molecular complexity index is 486. The highest BCUT2D eigenvalue weighted by Gasteiger charge is 2.16. The number of methoxy groups -OCH3 is 1. The summed E-state index contributed by atoms with van der Waals surface area (Å²) in [5, 5.41) is 3.20. The van der Waals surface area contributed by atoms with Gasteiger partial charge in [0.2, 0.25) is 10.0 Å². The molecular formula is C14H24N2O3S. The fourth-order valence-corrected chi connectivity index (χ4v) is 3.02. The van der Waals surface area contributed by atoms with Crippen LogP contribution in [-0.4, -0.2) is 34.7 Å². The van der Waals surface area contributed by atoms with Gasteiger partial charge in [0.25, 0.3) is 0 Å². The van der Waals surface area contributed by atoms with Crippen molar-refractivity contribution in [3.63, 3.8) is 0 Å². The molecule has 0 aliphatic carbocycles. The second-order valence-electron chi connectivity index (χ2n) is 4.73. The van der Waals surface area contributed by atoms with Crippen LogP contribution in [0, 0.1) is 0 Å². The first-order valence-corrected chi connectivity index (χ1v) is 8.29. The average Bonchev–Trinajstić information content (AvgIpc) is 2.43. The molecule has 0 amide bonds. The Morgan fingerprint density at radius 3 is 2.45 bits per heavy atom. The molecule has 1 atom stereocenters. The number of ether oxygens (including phenoxy) is 1. The Hall–Kier alpha value is -0.950. The first-order valence-electron chi connectivity index (χ1n) is 6.80.